The van der Waals surface area contributed by atoms with Crippen LogP contribution in [0.3, 0.4) is 0 Å². The molecule has 1 aliphatic rings. The highest BCUT2D eigenvalue weighted by Gasteiger charge is 2.51. The molecule has 1 unspecified atom stereocenters. The van der Waals surface area contributed by atoms with Crippen LogP contribution in [0.4, 0.5) is 4.39 Å². The Balaban J connectivity index is 1.70. The van der Waals surface area contributed by atoms with Gasteiger partial charge in [0, 0.05) is 7.05 Å². The van der Waals surface area contributed by atoms with Crippen LogP contribution in [0.2, 0.25) is 0 Å². The summed E-state index contributed by atoms with van der Waals surface area (Å²) in [4.78, 5) is 14.6. The van der Waals surface area contributed by atoms with E-state index in [0.717, 1.165) is 0 Å². The minimum absolute atomic E-state index is 0.0374. The van der Waals surface area contributed by atoms with E-state index in [1.54, 1.807) is 12.1 Å². The zero-order valence-electron chi connectivity index (χ0n) is 17.9. The maximum atomic E-state index is 13.9. The lowest BCUT2D eigenvalue weighted by molar-refractivity contribution is -0.129. The van der Waals surface area contributed by atoms with Crippen LogP contribution in [0.5, 0.6) is 11.5 Å². The number of thiocarbonyl (C=S) groups is 1. The van der Waals surface area contributed by atoms with Crippen molar-refractivity contribution in [3.8, 4) is 11.5 Å². The summed E-state index contributed by atoms with van der Waals surface area (Å²) in [6.07, 6.45) is 0. The zero-order chi connectivity index (χ0) is 24.7. The van der Waals surface area contributed by atoms with Gasteiger partial charge in [0.2, 0.25) is 0 Å². The van der Waals surface area contributed by atoms with Gasteiger partial charge >= 0.3 is 10.1 Å². The number of ether oxygens (including phenoxy) is 1. The quantitative estimate of drug-likeness (QED) is 0.358. The fraction of sp³-hybridized carbons (Fsp3) is 0.130. The molecule has 34 heavy (non-hydrogen) atoms. The third kappa shape index (κ3) is 4.15. The van der Waals surface area contributed by atoms with Crippen molar-refractivity contribution < 1.29 is 26.5 Å². The number of nitrogens with zero attached hydrogens (tertiary/aromatic N) is 1. The third-order valence-electron chi connectivity index (χ3n) is 5.42. The molecule has 0 spiro atoms. The van der Waals surface area contributed by atoms with E-state index in [1.165, 1.54) is 73.7 Å². The highest BCUT2D eigenvalue weighted by Crippen LogP contribution is 2.38. The van der Waals surface area contributed by atoms with Gasteiger partial charge in [-0.3, -0.25) is 9.69 Å². The van der Waals surface area contributed by atoms with Crippen molar-refractivity contribution in [2.24, 2.45) is 0 Å². The molecule has 0 radical (unpaired) electrons. The Hall–Kier alpha value is -3.02. The number of amides is 1. The van der Waals surface area contributed by atoms with Crippen LogP contribution in [0, 0.1) is 5.82 Å². The van der Waals surface area contributed by atoms with Gasteiger partial charge < -0.3 is 14.2 Å². The van der Waals surface area contributed by atoms with Crippen LogP contribution < -0.4 is 14.2 Å². The second-order valence-corrected chi connectivity index (χ2v) is 10.2. The first-order valence-electron chi connectivity index (χ1n) is 9.83. The summed E-state index contributed by atoms with van der Waals surface area (Å²) < 4.78 is 49.6. The van der Waals surface area contributed by atoms with E-state index in [1.807, 2.05) is 0 Å². The molecular weight excluding hydrogens is 547 g/mol. The summed E-state index contributed by atoms with van der Waals surface area (Å²) in [5, 5.41) is 3.25. The number of rotatable bonds is 6. The number of carbonyl (C=O) groups excluding carboxylic acids is 1. The first kappa shape index (κ1) is 24.1. The summed E-state index contributed by atoms with van der Waals surface area (Å²) in [5.41, 5.74) is -0.496. The predicted molar refractivity (Wildman–Crippen MR) is 131 cm³/mol. The van der Waals surface area contributed by atoms with E-state index >= 15 is 0 Å². The van der Waals surface area contributed by atoms with Crippen molar-refractivity contribution in [3.63, 3.8) is 0 Å². The second kappa shape index (κ2) is 8.97. The lowest BCUT2D eigenvalue weighted by atomic mass is 9.82. The number of likely N-dealkylation sites (N-methyl/N-ethyl adjacent to an activating group) is 1. The Bertz CT molecular complexity index is 1380. The number of hydrogen-bond acceptors (Lipinski definition) is 6. The number of benzene rings is 3. The third-order valence-corrected chi connectivity index (χ3v) is 7.66. The molecule has 11 heteroatoms. The lowest BCUT2D eigenvalue weighted by Crippen LogP contribution is -2.45. The molecule has 1 heterocycles. The molecule has 1 amide bonds. The highest BCUT2D eigenvalue weighted by atomic mass is 79.9. The number of carbonyl (C=O) groups is 1. The fourth-order valence-electron chi connectivity index (χ4n) is 3.61. The standard InChI is InChI=1S/C23H18BrFN2O5S2/c1-27-21(28)23(26-22(27)33,15-5-12-20(25)19(24)13-15)14-3-6-17(7-4-14)32-34(29,30)18-10-8-16(31-2)9-11-18/h3-13H,1-2H3,(H,26,33). The Morgan fingerprint density at radius 1 is 1.00 bits per heavy atom. The maximum Gasteiger partial charge on any atom is 0.339 e. The van der Waals surface area contributed by atoms with E-state index in [9.17, 15) is 17.6 Å². The minimum Gasteiger partial charge on any atom is -0.497 e. The summed E-state index contributed by atoms with van der Waals surface area (Å²) in [6, 6.07) is 16.0. The Kier molecular flexibility index (Phi) is 6.36. The molecule has 3 aromatic rings. The summed E-state index contributed by atoms with van der Waals surface area (Å²) in [6.45, 7) is 0. The largest absolute Gasteiger partial charge is 0.497 e. The van der Waals surface area contributed by atoms with Crippen molar-refractivity contribution in [3.05, 3.63) is 88.1 Å². The van der Waals surface area contributed by atoms with Crippen LogP contribution in [-0.2, 0) is 20.5 Å². The molecule has 4 rings (SSSR count). The molecule has 0 aromatic heterocycles. The topological polar surface area (TPSA) is 84.9 Å². The first-order chi connectivity index (χ1) is 16.1. The van der Waals surface area contributed by atoms with Gasteiger partial charge in [-0.2, -0.15) is 8.42 Å². The molecule has 1 N–H and O–H groups in total. The average molecular weight is 565 g/mol. The molecule has 176 valence electrons. The molecule has 1 aliphatic heterocycles. The summed E-state index contributed by atoms with van der Waals surface area (Å²) >= 11 is 8.45. The molecule has 1 atom stereocenters. The van der Waals surface area contributed by atoms with Crippen LogP contribution in [-0.4, -0.2) is 38.5 Å². The smallest absolute Gasteiger partial charge is 0.339 e. The van der Waals surface area contributed by atoms with E-state index in [0.29, 0.717) is 16.9 Å². The fourth-order valence-corrected chi connectivity index (χ4v) is 5.15. The molecule has 1 fully saturated rings. The number of nitrogens with one attached hydrogen (secondary N) is 1. The van der Waals surface area contributed by atoms with Gasteiger partial charge in [-0.15, -0.1) is 0 Å². The summed E-state index contributed by atoms with van der Waals surface area (Å²) in [7, 11) is -1.07. The van der Waals surface area contributed by atoms with Crippen LogP contribution >= 0.6 is 28.1 Å². The monoisotopic (exact) mass is 564 g/mol. The minimum atomic E-state index is -4.09. The van der Waals surface area contributed by atoms with Gasteiger partial charge in [0.25, 0.3) is 5.91 Å². The van der Waals surface area contributed by atoms with Crippen molar-refractivity contribution in [1.82, 2.24) is 10.2 Å². The van der Waals surface area contributed by atoms with Crippen molar-refractivity contribution in [2.75, 3.05) is 14.2 Å². The number of halogens is 2. The van der Waals surface area contributed by atoms with E-state index in [2.05, 4.69) is 21.2 Å². The van der Waals surface area contributed by atoms with Gasteiger partial charge in [0.1, 0.15) is 22.2 Å². The highest BCUT2D eigenvalue weighted by molar-refractivity contribution is 9.10. The number of hydrogen-bond donors (Lipinski definition) is 1. The molecular formula is C23H18BrFN2O5S2. The van der Waals surface area contributed by atoms with Gasteiger partial charge in [-0.1, -0.05) is 18.2 Å². The molecule has 1 saturated heterocycles. The predicted octanol–water partition coefficient (Wildman–Crippen LogP) is 3.95. The lowest BCUT2D eigenvalue weighted by Gasteiger charge is -2.28. The van der Waals surface area contributed by atoms with Crippen LogP contribution in [0.1, 0.15) is 11.1 Å². The molecule has 7 nitrogen and oxygen atoms in total. The Morgan fingerprint density at radius 3 is 2.12 bits per heavy atom. The second-order valence-electron chi connectivity index (χ2n) is 7.41. The summed E-state index contributed by atoms with van der Waals surface area (Å²) in [5.74, 6) is -0.280. The van der Waals surface area contributed by atoms with Crippen molar-refractivity contribution in [1.29, 1.82) is 0 Å². The van der Waals surface area contributed by atoms with Gasteiger partial charge in [-0.05, 0) is 87.8 Å². The zero-order valence-corrected chi connectivity index (χ0v) is 21.1. The molecule has 0 saturated carbocycles. The first-order valence-corrected chi connectivity index (χ1v) is 12.4. The SMILES string of the molecule is COc1ccc(S(=O)(=O)Oc2ccc(C3(c4ccc(F)c(Br)c4)NC(=S)N(C)C3=O)cc2)cc1. The average Bonchev–Trinajstić information content (AvgIpc) is 3.06. The van der Waals surface area contributed by atoms with Crippen molar-refractivity contribution >= 4 is 49.3 Å². The number of methoxy groups -OCH3 is 1. The normalized spacial score (nSPS) is 18.1. The van der Waals surface area contributed by atoms with Gasteiger partial charge in [0.15, 0.2) is 10.7 Å². The Morgan fingerprint density at radius 2 is 1.59 bits per heavy atom. The van der Waals surface area contributed by atoms with E-state index in [4.69, 9.17) is 21.1 Å². The van der Waals surface area contributed by atoms with Crippen LogP contribution in [0.25, 0.3) is 0 Å². The molecule has 0 aliphatic carbocycles. The Labute approximate surface area is 209 Å². The van der Waals surface area contributed by atoms with E-state index in [-0.39, 0.29) is 26.1 Å². The van der Waals surface area contributed by atoms with Gasteiger partial charge in [0.05, 0.1) is 11.6 Å². The molecule has 0 bridgehead atoms. The maximum absolute atomic E-state index is 13.9. The van der Waals surface area contributed by atoms with Crippen molar-refractivity contribution in [2.45, 2.75) is 10.4 Å². The van der Waals surface area contributed by atoms with Gasteiger partial charge in [-0.25, -0.2) is 4.39 Å². The molecule has 3 aromatic carbocycles. The van der Waals surface area contributed by atoms with Crippen LogP contribution in [0.15, 0.2) is 76.1 Å². The van der Waals surface area contributed by atoms with E-state index < -0.39 is 21.5 Å².